The zero-order chi connectivity index (χ0) is 5.82. The highest BCUT2D eigenvalue weighted by molar-refractivity contribution is 6.17. The van der Waals surface area contributed by atoms with Crippen molar-refractivity contribution in [3.8, 4) is 0 Å². The number of aliphatic imine (C=N–C) groups is 2. The van der Waals surface area contributed by atoms with Crippen LogP contribution in [-0.4, -0.2) is 18.6 Å². The molecule has 1 aliphatic heterocycles. The van der Waals surface area contributed by atoms with Crippen molar-refractivity contribution in [2.75, 3.05) is 0 Å². The van der Waals surface area contributed by atoms with E-state index in [0.29, 0.717) is 0 Å². The van der Waals surface area contributed by atoms with Crippen molar-refractivity contribution in [1.29, 1.82) is 0 Å². The lowest BCUT2D eigenvalue weighted by molar-refractivity contribution is 0.644. The average Bonchev–Trinajstić information content (AvgIpc) is 2.19. The van der Waals surface area contributed by atoms with E-state index < -0.39 is 0 Å². The van der Waals surface area contributed by atoms with Crippen molar-refractivity contribution in [2.24, 2.45) is 9.98 Å². The summed E-state index contributed by atoms with van der Waals surface area (Å²) in [5.74, 6) is 0. The van der Waals surface area contributed by atoms with Crippen LogP contribution >= 0.6 is 0 Å². The van der Waals surface area contributed by atoms with Crippen LogP contribution in [-0.2, 0) is 0 Å². The van der Waals surface area contributed by atoms with Gasteiger partial charge in [-0.2, -0.15) is 0 Å². The average molecular weight is 110 g/mol. The summed E-state index contributed by atoms with van der Waals surface area (Å²) in [6, 6.07) is 0. The van der Waals surface area contributed by atoms with Gasteiger partial charge < -0.3 is 0 Å². The topological polar surface area (TPSA) is 24.7 Å². The Kier molecular flexibility index (Phi) is 1.78. The quantitative estimate of drug-likeness (QED) is 0.511. The molecule has 2 nitrogen and oxygen atoms in total. The van der Waals surface area contributed by atoms with Crippen LogP contribution in [0.25, 0.3) is 0 Å². The molecule has 0 spiro atoms. The van der Waals surface area contributed by atoms with Gasteiger partial charge in [-0.1, -0.05) is 13.3 Å². The molecule has 0 atom stereocenters. The normalized spacial score (nSPS) is 18.1. The van der Waals surface area contributed by atoms with Gasteiger partial charge in [-0.25, -0.2) is 0 Å². The predicted molar refractivity (Wildman–Crippen MR) is 35.7 cm³/mol. The highest BCUT2D eigenvalue weighted by atomic mass is 15.0. The molecule has 0 fully saturated rings. The number of nitrogens with zero attached hydrogens (tertiary/aromatic N) is 2. The van der Waals surface area contributed by atoms with Crippen molar-refractivity contribution < 1.29 is 0 Å². The smallest absolute Gasteiger partial charge is 0.139 e. The minimum Gasteiger partial charge on any atom is -0.265 e. The molecule has 0 saturated carbocycles. The fourth-order valence-electron chi connectivity index (χ4n) is 0.721. The first-order valence-electron chi connectivity index (χ1n) is 2.98. The van der Waals surface area contributed by atoms with Crippen LogP contribution in [0.5, 0.6) is 0 Å². The van der Waals surface area contributed by atoms with Crippen LogP contribution in [0.4, 0.5) is 0 Å². The fraction of sp³-hybridized carbons (Fsp3) is 0.667. The van der Waals surface area contributed by atoms with Gasteiger partial charge in [0.25, 0.3) is 0 Å². The molecule has 0 N–H and O–H groups in total. The van der Waals surface area contributed by atoms with Crippen molar-refractivity contribution in [3.05, 3.63) is 0 Å². The third-order valence-electron chi connectivity index (χ3n) is 1.13. The zero-order valence-corrected chi connectivity index (χ0v) is 5.04. The SMILES string of the molecule is CCCC1N=CC=N1. The standard InChI is InChI=1S/C6H10N2/c1-2-3-6-7-4-5-8-6/h4-6H,2-3H2,1H3. The summed E-state index contributed by atoms with van der Waals surface area (Å²) in [5.41, 5.74) is 0. The lowest BCUT2D eigenvalue weighted by atomic mass is 10.3. The second kappa shape index (κ2) is 2.60. The van der Waals surface area contributed by atoms with E-state index >= 15 is 0 Å². The highest BCUT2D eigenvalue weighted by Crippen LogP contribution is 2.03. The van der Waals surface area contributed by atoms with E-state index in [1.54, 1.807) is 12.4 Å². The monoisotopic (exact) mass is 110 g/mol. The summed E-state index contributed by atoms with van der Waals surface area (Å²) in [5, 5.41) is 0. The van der Waals surface area contributed by atoms with Gasteiger partial charge in [0.05, 0.1) is 0 Å². The van der Waals surface area contributed by atoms with E-state index in [0.717, 1.165) is 6.42 Å². The molecule has 0 radical (unpaired) electrons. The summed E-state index contributed by atoms with van der Waals surface area (Å²) in [6.45, 7) is 2.14. The number of rotatable bonds is 2. The Bertz CT molecular complexity index is 104. The van der Waals surface area contributed by atoms with Gasteiger partial charge in [0.2, 0.25) is 0 Å². The molecule has 1 heterocycles. The summed E-state index contributed by atoms with van der Waals surface area (Å²) < 4.78 is 0. The third kappa shape index (κ3) is 1.15. The molecule has 1 aliphatic rings. The van der Waals surface area contributed by atoms with Crippen LogP contribution in [0, 0.1) is 0 Å². The molecule has 2 heteroatoms. The van der Waals surface area contributed by atoms with Crippen molar-refractivity contribution >= 4 is 12.4 Å². The Morgan fingerprint density at radius 3 is 2.50 bits per heavy atom. The van der Waals surface area contributed by atoms with E-state index in [-0.39, 0.29) is 6.17 Å². The van der Waals surface area contributed by atoms with E-state index in [9.17, 15) is 0 Å². The summed E-state index contributed by atoms with van der Waals surface area (Å²) in [4.78, 5) is 8.16. The predicted octanol–water partition coefficient (Wildman–Crippen LogP) is 1.27. The van der Waals surface area contributed by atoms with Crippen LogP contribution in [0.15, 0.2) is 9.98 Å². The van der Waals surface area contributed by atoms with E-state index in [1.165, 1.54) is 6.42 Å². The molecular formula is C6H10N2. The Balaban J connectivity index is 2.27. The van der Waals surface area contributed by atoms with Crippen LogP contribution in [0.1, 0.15) is 19.8 Å². The molecule has 0 aromatic carbocycles. The molecule has 0 amide bonds. The third-order valence-corrected chi connectivity index (χ3v) is 1.13. The maximum absolute atomic E-state index is 4.08. The lowest BCUT2D eigenvalue weighted by Crippen LogP contribution is -1.93. The van der Waals surface area contributed by atoms with Gasteiger partial charge in [0.1, 0.15) is 6.17 Å². The Morgan fingerprint density at radius 1 is 1.38 bits per heavy atom. The molecule has 0 aliphatic carbocycles. The molecule has 0 saturated heterocycles. The van der Waals surface area contributed by atoms with E-state index in [1.807, 2.05) is 0 Å². The molecule has 44 valence electrons. The number of hydrogen-bond acceptors (Lipinski definition) is 2. The summed E-state index contributed by atoms with van der Waals surface area (Å²) >= 11 is 0. The molecule has 0 unspecified atom stereocenters. The highest BCUT2D eigenvalue weighted by Gasteiger charge is 2.01. The first-order valence-corrected chi connectivity index (χ1v) is 2.98. The number of hydrogen-bond donors (Lipinski definition) is 0. The van der Waals surface area contributed by atoms with E-state index in [4.69, 9.17) is 0 Å². The van der Waals surface area contributed by atoms with Gasteiger partial charge in [0.15, 0.2) is 0 Å². The second-order valence-corrected chi connectivity index (χ2v) is 1.87. The maximum Gasteiger partial charge on any atom is 0.139 e. The Morgan fingerprint density at radius 2 is 2.00 bits per heavy atom. The van der Waals surface area contributed by atoms with Gasteiger partial charge in [-0.05, 0) is 6.42 Å². The molecular weight excluding hydrogens is 100 g/mol. The van der Waals surface area contributed by atoms with Gasteiger partial charge in [-0.15, -0.1) is 0 Å². The van der Waals surface area contributed by atoms with Crippen LogP contribution in [0.3, 0.4) is 0 Å². The molecule has 0 bridgehead atoms. The van der Waals surface area contributed by atoms with Crippen molar-refractivity contribution in [3.63, 3.8) is 0 Å². The zero-order valence-electron chi connectivity index (χ0n) is 5.04. The lowest BCUT2D eigenvalue weighted by Gasteiger charge is -1.97. The summed E-state index contributed by atoms with van der Waals surface area (Å²) in [7, 11) is 0. The minimum atomic E-state index is 0.250. The Labute approximate surface area is 49.3 Å². The summed E-state index contributed by atoms with van der Waals surface area (Å²) in [6.07, 6.45) is 6.03. The molecule has 0 aromatic heterocycles. The van der Waals surface area contributed by atoms with Crippen LogP contribution in [0.2, 0.25) is 0 Å². The van der Waals surface area contributed by atoms with Crippen LogP contribution < -0.4 is 0 Å². The maximum atomic E-state index is 4.08. The molecule has 0 aromatic rings. The second-order valence-electron chi connectivity index (χ2n) is 1.87. The van der Waals surface area contributed by atoms with Crippen molar-refractivity contribution in [2.45, 2.75) is 25.9 Å². The first-order chi connectivity index (χ1) is 3.93. The molecule has 1 rings (SSSR count). The largest absolute Gasteiger partial charge is 0.265 e. The first kappa shape index (κ1) is 5.48. The van der Waals surface area contributed by atoms with Gasteiger partial charge in [0, 0.05) is 12.4 Å². The fourth-order valence-corrected chi connectivity index (χ4v) is 0.721. The van der Waals surface area contributed by atoms with E-state index in [2.05, 4.69) is 16.9 Å². The van der Waals surface area contributed by atoms with Gasteiger partial charge >= 0.3 is 0 Å². The Hall–Kier alpha value is -0.660. The molecule has 8 heavy (non-hydrogen) atoms. The van der Waals surface area contributed by atoms with Gasteiger partial charge in [-0.3, -0.25) is 9.98 Å². The van der Waals surface area contributed by atoms with Crippen molar-refractivity contribution in [1.82, 2.24) is 0 Å². The minimum absolute atomic E-state index is 0.250.